The summed E-state index contributed by atoms with van der Waals surface area (Å²) in [5.41, 5.74) is 8.25. The molecule has 2 aromatic rings. The number of nitrogens with two attached hydrogens (primary N) is 1. The minimum absolute atomic E-state index is 0.440. The van der Waals surface area contributed by atoms with Crippen molar-refractivity contribution in [3.8, 4) is 0 Å². The van der Waals surface area contributed by atoms with Gasteiger partial charge in [-0.15, -0.1) is 0 Å². The fourth-order valence-electron chi connectivity index (χ4n) is 1.62. The Kier molecular flexibility index (Phi) is 2.15. The van der Waals surface area contributed by atoms with Crippen molar-refractivity contribution in [2.75, 3.05) is 0 Å². The minimum atomic E-state index is -0.440. The van der Waals surface area contributed by atoms with E-state index in [1.807, 2.05) is 19.1 Å². The lowest BCUT2D eigenvalue weighted by Crippen LogP contribution is -2.13. The molecule has 1 heterocycles. The van der Waals surface area contributed by atoms with Crippen molar-refractivity contribution in [3.63, 3.8) is 0 Å². The van der Waals surface area contributed by atoms with Crippen LogP contribution in [0, 0.1) is 19.9 Å². The molecule has 0 atom stereocenters. The number of nitrogens with zero attached hydrogens (tertiary/aromatic N) is 1. The van der Waals surface area contributed by atoms with Crippen LogP contribution in [0.2, 0.25) is 0 Å². The molecule has 1 radical (unpaired) electrons. The number of benzene rings is 1. The van der Waals surface area contributed by atoms with Crippen LogP contribution in [-0.2, 0) is 0 Å². The van der Waals surface area contributed by atoms with E-state index in [4.69, 9.17) is 5.73 Å². The smallest absolute Gasteiger partial charge is 0.250 e. The molecular formula is C12H11N2O. The average Bonchev–Trinajstić information content (AvgIpc) is 2.16. The van der Waals surface area contributed by atoms with Crippen molar-refractivity contribution in [1.29, 1.82) is 0 Å². The third-order valence-electron chi connectivity index (χ3n) is 2.45. The van der Waals surface area contributed by atoms with Crippen molar-refractivity contribution in [3.05, 3.63) is 41.1 Å². The topological polar surface area (TPSA) is 56.0 Å². The first kappa shape index (κ1) is 9.65. The van der Waals surface area contributed by atoms with Crippen molar-refractivity contribution >= 4 is 16.8 Å². The number of carbonyl (C=O) groups is 1. The Bertz CT molecular complexity index is 547. The normalized spacial score (nSPS) is 10.5. The molecule has 0 unspecified atom stereocenters. The number of aromatic nitrogens is 1. The molecule has 0 aliphatic heterocycles. The van der Waals surface area contributed by atoms with Crippen molar-refractivity contribution in [2.24, 2.45) is 5.73 Å². The van der Waals surface area contributed by atoms with Gasteiger partial charge in [0.05, 0.1) is 16.8 Å². The van der Waals surface area contributed by atoms with Crippen LogP contribution in [0.5, 0.6) is 0 Å². The number of fused-ring (bicyclic) bond motifs is 1. The summed E-state index contributed by atoms with van der Waals surface area (Å²) >= 11 is 0. The van der Waals surface area contributed by atoms with E-state index in [2.05, 4.69) is 11.1 Å². The lowest BCUT2D eigenvalue weighted by atomic mass is 10.1. The van der Waals surface area contributed by atoms with Gasteiger partial charge in [-0.3, -0.25) is 9.78 Å². The second kappa shape index (κ2) is 3.35. The summed E-state index contributed by atoms with van der Waals surface area (Å²) in [4.78, 5) is 15.5. The summed E-state index contributed by atoms with van der Waals surface area (Å²) in [6.07, 6.45) is 0. The Labute approximate surface area is 87.9 Å². The summed E-state index contributed by atoms with van der Waals surface area (Å²) in [6, 6.07) is 8.55. The van der Waals surface area contributed by atoms with E-state index < -0.39 is 5.91 Å². The summed E-state index contributed by atoms with van der Waals surface area (Å²) < 4.78 is 0. The van der Waals surface area contributed by atoms with Gasteiger partial charge in [-0.2, -0.15) is 0 Å². The zero-order valence-electron chi connectivity index (χ0n) is 8.66. The van der Waals surface area contributed by atoms with E-state index in [1.165, 1.54) is 0 Å². The first-order valence-corrected chi connectivity index (χ1v) is 4.68. The van der Waals surface area contributed by atoms with Crippen LogP contribution < -0.4 is 5.73 Å². The number of rotatable bonds is 1. The van der Waals surface area contributed by atoms with E-state index in [0.717, 1.165) is 16.5 Å². The summed E-state index contributed by atoms with van der Waals surface area (Å²) in [5, 5.41) is 0.928. The van der Waals surface area contributed by atoms with Gasteiger partial charge in [-0.1, -0.05) is 6.07 Å². The first-order chi connectivity index (χ1) is 7.09. The summed E-state index contributed by atoms with van der Waals surface area (Å²) in [5.74, 6) is -0.440. The molecule has 0 saturated heterocycles. The number of hydrogen-bond donors (Lipinski definition) is 1. The molecule has 0 bridgehead atoms. The number of amides is 1. The molecule has 0 aliphatic carbocycles. The Morgan fingerprint density at radius 3 is 2.87 bits per heavy atom. The highest BCUT2D eigenvalue weighted by Crippen LogP contribution is 2.19. The number of pyridine rings is 1. The summed E-state index contributed by atoms with van der Waals surface area (Å²) in [7, 11) is 0. The zero-order chi connectivity index (χ0) is 11.0. The minimum Gasteiger partial charge on any atom is -0.366 e. The molecule has 2 N–H and O–H groups in total. The summed E-state index contributed by atoms with van der Waals surface area (Å²) in [6.45, 7) is 3.72. The fourth-order valence-corrected chi connectivity index (χ4v) is 1.62. The van der Waals surface area contributed by atoms with Gasteiger partial charge >= 0.3 is 0 Å². The predicted molar refractivity (Wildman–Crippen MR) is 58.6 cm³/mol. The van der Waals surface area contributed by atoms with Gasteiger partial charge in [-0.25, -0.2) is 0 Å². The Morgan fingerprint density at radius 2 is 2.20 bits per heavy atom. The molecule has 1 amide bonds. The molecule has 3 nitrogen and oxygen atoms in total. The lowest BCUT2D eigenvalue weighted by Gasteiger charge is -2.05. The van der Waals surface area contributed by atoms with Crippen LogP contribution >= 0.6 is 0 Å². The van der Waals surface area contributed by atoms with Gasteiger partial charge in [0.1, 0.15) is 0 Å². The Morgan fingerprint density at radius 1 is 1.47 bits per heavy atom. The highest BCUT2D eigenvalue weighted by atomic mass is 16.1. The van der Waals surface area contributed by atoms with Crippen LogP contribution in [0.3, 0.4) is 0 Å². The number of aryl methyl sites for hydroxylation is 2. The van der Waals surface area contributed by atoms with E-state index in [0.29, 0.717) is 11.3 Å². The van der Waals surface area contributed by atoms with Crippen LogP contribution in [0.25, 0.3) is 10.9 Å². The Hall–Kier alpha value is -1.90. The van der Waals surface area contributed by atoms with Gasteiger partial charge < -0.3 is 5.73 Å². The molecule has 15 heavy (non-hydrogen) atoms. The molecule has 3 heteroatoms. The first-order valence-electron chi connectivity index (χ1n) is 4.68. The Balaban J connectivity index is 2.83. The van der Waals surface area contributed by atoms with E-state index >= 15 is 0 Å². The SMILES string of the molecule is Cc1nc2cc[c]c(C)c2cc1C(N)=O. The standard InChI is InChI=1S/C12H11N2O/c1-7-4-3-5-11-9(7)6-10(12(13)15)8(2)14-11/h3,5-6H,1-2H3,(H2,13,15). The van der Waals surface area contributed by atoms with Crippen LogP contribution in [0.1, 0.15) is 21.6 Å². The molecule has 0 saturated carbocycles. The lowest BCUT2D eigenvalue weighted by molar-refractivity contribution is 0.0999. The monoisotopic (exact) mass is 199 g/mol. The maximum atomic E-state index is 11.1. The fraction of sp³-hybridized carbons (Fsp3) is 0.167. The van der Waals surface area contributed by atoms with Gasteiger partial charge in [0, 0.05) is 5.39 Å². The molecular weight excluding hydrogens is 188 g/mol. The molecule has 2 rings (SSSR count). The predicted octanol–water partition coefficient (Wildman–Crippen LogP) is 1.75. The van der Waals surface area contributed by atoms with Crippen LogP contribution in [0.4, 0.5) is 0 Å². The van der Waals surface area contributed by atoms with Crippen LogP contribution in [-0.4, -0.2) is 10.9 Å². The maximum Gasteiger partial charge on any atom is 0.250 e. The maximum absolute atomic E-state index is 11.1. The number of hydrogen-bond acceptors (Lipinski definition) is 2. The zero-order valence-corrected chi connectivity index (χ0v) is 8.66. The quantitative estimate of drug-likeness (QED) is 0.760. The second-order valence-corrected chi connectivity index (χ2v) is 3.52. The van der Waals surface area contributed by atoms with Crippen molar-refractivity contribution in [1.82, 2.24) is 4.98 Å². The van der Waals surface area contributed by atoms with Gasteiger partial charge in [0.15, 0.2) is 0 Å². The third-order valence-corrected chi connectivity index (χ3v) is 2.45. The molecule has 0 aliphatic rings. The number of carbonyl (C=O) groups excluding carboxylic acids is 1. The molecule has 0 spiro atoms. The molecule has 1 aromatic carbocycles. The van der Waals surface area contributed by atoms with Gasteiger partial charge in [0.25, 0.3) is 5.91 Å². The molecule has 0 fully saturated rings. The highest BCUT2D eigenvalue weighted by molar-refractivity contribution is 5.98. The molecule has 1 aromatic heterocycles. The average molecular weight is 199 g/mol. The molecule has 75 valence electrons. The van der Waals surface area contributed by atoms with E-state index in [9.17, 15) is 4.79 Å². The van der Waals surface area contributed by atoms with Crippen molar-refractivity contribution < 1.29 is 4.79 Å². The van der Waals surface area contributed by atoms with E-state index in [1.54, 1.807) is 13.0 Å². The number of primary amides is 1. The van der Waals surface area contributed by atoms with Gasteiger partial charge in [0.2, 0.25) is 0 Å². The van der Waals surface area contributed by atoms with Gasteiger partial charge in [-0.05, 0) is 37.6 Å². The highest BCUT2D eigenvalue weighted by Gasteiger charge is 2.08. The van der Waals surface area contributed by atoms with Crippen LogP contribution in [0.15, 0.2) is 18.2 Å². The van der Waals surface area contributed by atoms with Crippen molar-refractivity contribution in [2.45, 2.75) is 13.8 Å². The second-order valence-electron chi connectivity index (χ2n) is 3.52. The largest absolute Gasteiger partial charge is 0.366 e. The third kappa shape index (κ3) is 1.56. The van der Waals surface area contributed by atoms with E-state index in [-0.39, 0.29) is 0 Å².